The van der Waals surface area contributed by atoms with E-state index in [-0.39, 0.29) is 18.1 Å². The summed E-state index contributed by atoms with van der Waals surface area (Å²) in [4.78, 5) is 20.6. The fourth-order valence-corrected chi connectivity index (χ4v) is 2.14. The molecular formula is C17H18N4O3. The second-order valence-electron chi connectivity index (χ2n) is 5.79. The molecule has 2 heterocycles. The third-order valence-corrected chi connectivity index (χ3v) is 3.26. The second-order valence-corrected chi connectivity index (χ2v) is 5.79. The molecule has 2 aromatic heterocycles. The molecule has 3 aromatic rings. The van der Waals surface area contributed by atoms with Gasteiger partial charge in [0.25, 0.3) is 5.91 Å². The summed E-state index contributed by atoms with van der Waals surface area (Å²) < 4.78 is 10.5. The standard InChI is InChI=1S/C17H18N4O3/c1-11(2)8-15-20-14(21-24-15)9-18-16(22)13-10-23-17(19-13)12-6-4-3-5-7-12/h3-7,10-11H,8-9H2,1-2H3,(H,18,22). The summed E-state index contributed by atoms with van der Waals surface area (Å²) in [5.74, 6) is 1.49. The number of benzene rings is 1. The van der Waals surface area contributed by atoms with Crippen molar-refractivity contribution in [3.63, 3.8) is 0 Å². The van der Waals surface area contributed by atoms with E-state index in [2.05, 4.69) is 34.3 Å². The van der Waals surface area contributed by atoms with Crippen LogP contribution in [0, 0.1) is 5.92 Å². The van der Waals surface area contributed by atoms with Gasteiger partial charge in [0.15, 0.2) is 11.5 Å². The molecule has 1 N–H and O–H groups in total. The van der Waals surface area contributed by atoms with Crippen LogP contribution in [0.4, 0.5) is 0 Å². The number of carbonyl (C=O) groups excluding carboxylic acids is 1. The Balaban J connectivity index is 1.59. The summed E-state index contributed by atoms with van der Waals surface area (Å²) in [6, 6.07) is 9.39. The van der Waals surface area contributed by atoms with Crippen LogP contribution >= 0.6 is 0 Å². The summed E-state index contributed by atoms with van der Waals surface area (Å²) >= 11 is 0. The molecule has 0 saturated heterocycles. The van der Waals surface area contributed by atoms with Crippen LogP contribution in [-0.4, -0.2) is 21.0 Å². The number of nitrogens with one attached hydrogen (secondary N) is 1. The van der Waals surface area contributed by atoms with E-state index in [0.717, 1.165) is 5.56 Å². The number of oxazole rings is 1. The van der Waals surface area contributed by atoms with Gasteiger partial charge < -0.3 is 14.3 Å². The lowest BCUT2D eigenvalue weighted by atomic mass is 10.1. The van der Waals surface area contributed by atoms with Crippen molar-refractivity contribution in [3.05, 3.63) is 54.0 Å². The maximum Gasteiger partial charge on any atom is 0.273 e. The first kappa shape index (κ1) is 15.9. The zero-order chi connectivity index (χ0) is 16.9. The third kappa shape index (κ3) is 3.87. The molecule has 0 radical (unpaired) electrons. The fraction of sp³-hybridized carbons (Fsp3) is 0.294. The molecule has 0 saturated carbocycles. The highest BCUT2D eigenvalue weighted by molar-refractivity contribution is 5.92. The van der Waals surface area contributed by atoms with Crippen molar-refractivity contribution in [1.29, 1.82) is 0 Å². The summed E-state index contributed by atoms with van der Waals surface area (Å²) in [5.41, 5.74) is 1.02. The van der Waals surface area contributed by atoms with Crippen molar-refractivity contribution in [1.82, 2.24) is 20.4 Å². The quantitative estimate of drug-likeness (QED) is 0.748. The summed E-state index contributed by atoms with van der Waals surface area (Å²) in [7, 11) is 0. The Kier molecular flexibility index (Phi) is 4.69. The van der Waals surface area contributed by atoms with Crippen LogP contribution in [-0.2, 0) is 13.0 Å². The number of amides is 1. The summed E-state index contributed by atoms with van der Waals surface area (Å²) in [5, 5.41) is 6.54. The average molecular weight is 326 g/mol. The van der Waals surface area contributed by atoms with E-state index in [1.165, 1.54) is 6.26 Å². The minimum absolute atomic E-state index is 0.175. The highest BCUT2D eigenvalue weighted by atomic mass is 16.5. The van der Waals surface area contributed by atoms with Crippen molar-refractivity contribution in [2.24, 2.45) is 5.92 Å². The highest BCUT2D eigenvalue weighted by Gasteiger charge is 2.14. The Morgan fingerprint density at radius 3 is 2.75 bits per heavy atom. The van der Waals surface area contributed by atoms with Crippen LogP contribution in [0.15, 0.2) is 45.5 Å². The van der Waals surface area contributed by atoms with Gasteiger partial charge in [-0.2, -0.15) is 4.98 Å². The zero-order valence-corrected chi connectivity index (χ0v) is 13.5. The molecule has 7 nitrogen and oxygen atoms in total. The Hall–Kier alpha value is -2.96. The van der Waals surface area contributed by atoms with Crippen molar-refractivity contribution < 1.29 is 13.7 Å². The van der Waals surface area contributed by atoms with E-state index in [0.29, 0.717) is 29.9 Å². The maximum atomic E-state index is 12.1. The third-order valence-electron chi connectivity index (χ3n) is 3.26. The van der Waals surface area contributed by atoms with Crippen molar-refractivity contribution in [2.45, 2.75) is 26.8 Å². The van der Waals surface area contributed by atoms with E-state index in [1.807, 2.05) is 30.3 Å². The Bertz CT molecular complexity index is 808. The molecule has 0 aliphatic carbocycles. The van der Waals surface area contributed by atoms with Crippen molar-refractivity contribution >= 4 is 5.91 Å². The number of carbonyl (C=O) groups is 1. The zero-order valence-electron chi connectivity index (χ0n) is 13.5. The van der Waals surface area contributed by atoms with Gasteiger partial charge in [-0.05, 0) is 18.1 Å². The molecule has 7 heteroatoms. The van der Waals surface area contributed by atoms with Crippen LogP contribution in [0.2, 0.25) is 0 Å². The lowest BCUT2D eigenvalue weighted by Crippen LogP contribution is -2.23. The average Bonchev–Trinajstić information content (AvgIpc) is 3.22. The molecule has 0 aliphatic heterocycles. The van der Waals surface area contributed by atoms with E-state index in [4.69, 9.17) is 8.94 Å². The highest BCUT2D eigenvalue weighted by Crippen LogP contribution is 2.17. The van der Waals surface area contributed by atoms with E-state index in [1.54, 1.807) is 0 Å². The predicted octanol–water partition coefficient (Wildman–Crippen LogP) is 2.85. The molecular weight excluding hydrogens is 308 g/mol. The first-order valence-electron chi connectivity index (χ1n) is 7.72. The van der Waals surface area contributed by atoms with Crippen LogP contribution in [0.25, 0.3) is 11.5 Å². The number of aromatic nitrogens is 3. The molecule has 3 rings (SSSR count). The Morgan fingerprint density at radius 1 is 1.21 bits per heavy atom. The Morgan fingerprint density at radius 2 is 2.00 bits per heavy atom. The maximum absolute atomic E-state index is 12.1. The van der Waals surface area contributed by atoms with Gasteiger partial charge in [0.2, 0.25) is 11.8 Å². The molecule has 1 amide bonds. The van der Waals surface area contributed by atoms with Gasteiger partial charge in [-0.3, -0.25) is 4.79 Å². The van der Waals surface area contributed by atoms with Crippen molar-refractivity contribution in [2.75, 3.05) is 0 Å². The fourth-order valence-electron chi connectivity index (χ4n) is 2.14. The van der Waals surface area contributed by atoms with E-state index < -0.39 is 0 Å². The molecule has 1 aromatic carbocycles. The van der Waals surface area contributed by atoms with Crippen LogP contribution < -0.4 is 5.32 Å². The molecule has 0 bridgehead atoms. The SMILES string of the molecule is CC(C)Cc1nc(CNC(=O)c2coc(-c3ccccc3)n2)no1. The molecule has 124 valence electrons. The second kappa shape index (κ2) is 7.08. The van der Waals surface area contributed by atoms with Gasteiger partial charge in [0.05, 0.1) is 6.54 Å². The lowest BCUT2D eigenvalue weighted by molar-refractivity contribution is 0.0944. The first-order chi connectivity index (χ1) is 11.6. The lowest BCUT2D eigenvalue weighted by Gasteiger charge is -1.98. The topological polar surface area (TPSA) is 94.1 Å². The predicted molar refractivity (Wildman–Crippen MR) is 85.9 cm³/mol. The van der Waals surface area contributed by atoms with Crippen LogP contribution in [0.1, 0.15) is 36.1 Å². The van der Waals surface area contributed by atoms with Crippen LogP contribution in [0.3, 0.4) is 0 Å². The minimum Gasteiger partial charge on any atom is -0.444 e. The van der Waals surface area contributed by atoms with Gasteiger partial charge in [-0.1, -0.05) is 37.2 Å². The van der Waals surface area contributed by atoms with E-state index in [9.17, 15) is 4.79 Å². The first-order valence-corrected chi connectivity index (χ1v) is 7.72. The van der Waals surface area contributed by atoms with Crippen molar-refractivity contribution in [3.8, 4) is 11.5 Å². The van der Waals surface area contributed by atoms with Gasteiger partial charge in [-0.25, -0.2) is 4.98 Å². The smallest absolute Gasteiger partial charge is 0.273 e. The summed E-state index contributed by atoms with van der Waals surface area (Å²) in [6.45, 7) is 4.31. The largest absolute Gasteiger partial charge is 0.444 e. The molecule has 0 atom stereocenters. The minimum atomic E-state index is -0.351. The summed E-state index contributed by atoms with van der Waals surface area (Å²) in [6.07, 6.45) is 2.04. The number of hydrogen-bond acceptors (Lipinski definition) is 6. The molecule has 0 unspecified atom stereocenters. The van der Waals surface area contributed by atoms with Gasteiger partial charge >= 0.3 is 0 Å². The van der Waals surface area contributed by atoms with Gasteiger partial charge in [-0.15, -0.1) is 0 Å². The monoisotopic (exact) mass is 326 g/mol. The normalized spacial score (nSPS) is 11.0. The number of nitrogens with zero attached hydrogens (tertiary/aromatic N) is 3. The number of hydrogen-bond donors (Lipinski definition) is 1. The molecule has 24 heavy (non-hydrogen) atoms. The molecule has 0 spiro atoms. The van der Waals surface area contributed by atoms with Crippen LogP contribution in [0.5, 0.6) is 0 Å². The number of rotatable bonds is 6. The van der Waals surface area contributed by atoms with E-state index >= 15 is 0 Å². The van der Waals surface area contributed by atoms with Gasteiger partial charge in [0.1, 0.15) is 6.26 Å². The van der Waals surface area contributed by atoms with Gasteiger partial charge in [0, 0.05) is 12.0 Å². The molecule has 0 fully saturated rings. The molecule has 0 aliphatic rings. The Labute approximate surface area is 139 Å².